The van der Waals surface area contributed by atoms with Crippen LogP contribution in [0.1, 0.15) is 10.4 Å². The fraction of sp³-hybridized carbons (Fsp3) is 0.222. The first kappa shape index (κ1) is 7.91. The first-order valence-electron chi connectivity index (χ1n) is 4.19. The lowest BCUT2D eigenvalue weighted by Gasteiger charge is -2.21. The van der Waals surface area contributed by atoms with Crippen LogP contribution in [0.5, 0.6) is 0 Å². The quantitative estimate of drug-likeness (QED) is 0.589. The Morgan fingerprint density at radius 3 is 2.85 bits per heavy atom. The van der Waals surface area contributed by atoms with Crippen LogP contribution in [0.25, 0.3) is 0 Å². The zero-order chi connectivity index (χ0) is 9.26. The van der Waals surface area contributed by atoms with Crippen molar-refractivity contribution in [1.82, 2.24) is 0 Å². The SMILES string of the molecule is NC(=O)c1cccc2c1NCCN2. The van der Waals surface area contributed by atoms with E-state index in [1.54, 1.807) is 6.07 Å². The predicted octanol–water partition coefficient (Wildman–Crippen LogP) is 0.623. The molecule has 1 aliphatic heterocycles. The van der Waals surface area contributed by atoms with Crippen molar-refractivity contribution in [2.24, 2.45) is 5.73 Å². The van der Waals surface area contributed by atoms with Crippen LogP contribution < -0.4 is 16.4 Å². The first-order valence-corrected chi connectivity index (χ1v) is 4.19. The molecule has 0 unspecified atom stereocenters. The average molecular weight is 177 g/mol. The number of hydrogen-bond acceptors (Lipinski definition) is 3. The number of fused-ring (bicyclic) bond motifs is 1. The molecule has 1 aliphatic rings. The Bertz CT molecular complexity index is 349. The topological polar surface area (TPSA) is 67.2 Å². The molecule has 1 aromatic carbocycles. The van der Waals surface area contributed by atoms with Crippen LogP contribution in [-0.2, 0) is 0 Å². The summed E-state index contributed by atoms with van der Waals surface area (Å²) in [6.45, 7) is 1.69. The van der Waals surface area contributed by atoms with E-state index in [1.165, 1.54) is 0 Å². The second-order valence-corrected chi connectivity index (χ2v) is 2.95. The molecule has 0 spiro atoms. The van der Waals surface area contributed by atoms with Gasteiger partial charge in [-0.15, -0.1) is 0 Å². The van der Waals surface area contributed by atoms with Gasteiger partial charge in [-0.05, 0) is 12.1 Å². The third kappa shape index (κ3) is 1.30. The number of benzene rings is 1. The van der Waals surface area contributed by atoms with Crippen molar-refractivity contribution >= 4 is 17.3 Å². The number of para-hydroxylation sites is 1. The molecule has 4 heteroatoms. The van der Waals surface area contributed by atoms with E-state index in [9.17, 15) is 4.79 Å². The lowest BCUT2D eigenvalue weighted by atomic mass is 10.1. The van der Waals surface area contributed by atoms with E-state index >= 15 is 0 Å². The molecule has 0 saturated carbocycles. The second-order valence-electron chi connectivity index (χ2n) is 2.95. The summed E-state index contributed by atoms with van der Waals surface area (Å²) in [6, 6.07) is 5.47. The van der Waals surface area contributed by atoms with Crippen molar-refractivity contribution in [1.29, 1.82) is 0 Å². The molecule has 68 valence electrons. The van der Waals surface area contributed by atoms with Gasteiger partial charge in [0.2, 0.25) is 0 Å². The minimum absolute atomic E-state index is 0.395. The molecular weight excluding hydrogens is 166 g/mol. The number of anilines is 2. The third-order valence-corrected chi connectivity index (χ3v) is 2.07. The first-order chi connectivity index (χ1) is 6.29. The summed E-state index contributed by atoms with van der Waals surface area (Å²) in [4.78, 5) is 11.0. The summed E-state index contributed by atoms with van der Waals surface area (Å²) in [5.41, 5.74) is 7.54. The molecule has 1 amide bonds. The number of rotatable bonds is 1. The molecule has 4 nitrogen and oxygen atoms in total. The summed E-state index contributed by atoms with van der Waals surface area (Å²) in [7, 11) is 0. The maximum Gasteiger partial charge on any atom is 0.250 e. The van der Waals surface area contributed by atoms with Crippen LogP contribution in [0, 0.1) is 0 Å². The Labute approximate surface area is 76.1 Å². The van der Waals surface area contributed by atoms with Crippen LogP contribution in [0.4, 0.5) is 11.4 Å². The number of hydrogen-bond donors (Lipinski definition) is 3. The summed E-state index contributed by atoms with van der Waals surface area (Å²) in [5, 5.41) is 6.34. The monoisotopic (exact) mass is 177 g/mol. The van der Waals surface area contributed by atoms with Crippen LogP contribution in [0.2, 0.25) is 0 Å². The molecule has 0 saturated heterocycles. The highest BCUT2D eigenvalue weighted by atomic mass is 16.1. The summed E-state index contributed by atoms with van der Waals surface area (Å²) in [6.07, 6.45) is 0. The number of nitrogens with one attached hydrogen (secondary N) is 2. The molecule has 0 bridgehead atoms. The minimum Gasteiger partial charge on any atom is -0.382 e. The smallest absolute Gasteiger partial charge is 0.250 e. The molecule has 4 N–H and O–H groups in total. The largest absolute Gasteiger partial charge is 0.382 e. The van der Waals surface area contributed by atoms with Gasteiger partial charge in [0, 0.05) is 13.1 Å². The number of carbonyl (C=O) groups excluding carboxylic acids is 1. The molecule has 0 atom stereocenters. The van der Waals surface area contributed by atoms with Gasteiger partial charge in [0.1, 0.15) is 0 Å². The second kappa shape index (κ2) is 2.97. The Hall–Kier alpha value is -1.71. The zero-order valence-corrected chi connectivity index (χ0v) is 7.13. The fourth-order valence-corrected chi connectivity index (χ4v) is 1.48. The van der Waals surface area contributed by atoms with Crippen molar-refractivity contribution in [3.63, 3.8) is 0 Å². The standard InChI is InChI=1S/C9H11N3O/c10-9(13)6-2-1-3-7-8(6)12-5-4-11-7/h1-3,11-12H,4-5H2,(H2,10,13). The molecule has 0 fully saturated rings. The Balaban J connectivity index is 2.52. The van der Waals surface area contributed by atoms with Crippen molar-refractivity contribution < 1.29 is 4.79 Å². The van der Waals surface area contributed by atoms with Gasteiger partial charge < -0.3 is 16.4 Å². The Morgan fingerprint density at radius 2 is 2.08 bits per heavy atom. The lowest BCUT2D eigenvalue weighted by Crippen LogP contribution is -2.24. The average Bonchev–Trinajstić information content (AvgIpc) is 2.17. The van der Waals surface area contributed by atoms with Gasteiger partial charge in [-0.25, -0.2) is 0 Å². The van der Waals surface area contributed by atoms with E-state index in [-0.39, 0.29) is 0 Å². The highest BCUT2D eigenvalue weighted by Crippen LogP contribution is 2.27. The molecule has 1 aromatic rings. The number of amides is 1. The van der Waals surface area contributed by atoms with E-state index in [0.717, 1.165) is 24.5 Å². The molecular formula is C9H11N3O. The van der Waals surface area contributed by atoms with Gasteiger partial charge in [0.05, 0.1) is 16.9 Å². The molecule has 13 heavy (non-hydrogen) atoms. The van der Waals surface area contributed by atoms with Gasteiger partial charge in [-0.2, -0.15) is 0 Å². The highest BCUT2D eigenvalue weighted by molar-refractivity contribution is 6.01. The van der Waals surface area contributed by atoms with Crippen LogP contribution in [0.3, 0.4) is 0 Å². The van der Waals surface area contributed by atoms with Crippen molar-refractivity contribution in [2.45, 2.75) is 0 Å². The number of nitrogens with two attached hydrogens (primary N) is 1. The van der Waals surface area contributed by atoms with Crippen LogP contribution in [-0.4, -0.2) is 19.0 Å². The van der Waals surface area contributed by atoms with E-state index in [4.69, 9.17) is 5.73 Å². The molecule has 0 radical (unpaired) electrons. The number of primary amides is 1. The Morgan fingerprint density at radius 1 is 1.31 bits per heavy atom. The summed E-state index contributed by atoms with van der Waals surface area (Å²) in [5.74, 6) is -0.395. The summed E-state index contributed by atoms with van der Waals surface area (Å²) >= 11 is 0. The molecule has 1 heterocycles. The van der Waals surface area contributed by atoms with Gasteiger partial charge in [-0.1, -0.05) is 6.07 Å². The minimum atomic E-state index is -0.395. The van der Waals surface area contributed by atoms with Crippen LogP contribution >= 0.6 is 0 Å². The fourth-order valence-electron chi connectivity index (χ4n) is 1.48. The van der Waals surface area contributed by atoms with Crippen molar-refractivity contribution in [3.05, 3.63) is 23.8 Å². The normalized spacial score (nSPS) is 13.8. The zero-order valence-electron chi connectivity index (χ0n) is 7.13. The van der Waals surface area contributed by atoms with Crippen molar-refractivity contribution in [2.75, 3.05) is 23.7 Å². The van der Waals surface area contributed by atoms with Gasteiger partial charge in [0.25, 0.3) is 5.91 Å². The van der Waals surface area contributed by atoms with E-state index in [0.29, 0.717) is 5.56 Å². The number of carbonyl (C=O) groups is 1. The third-order valence-electron chi connectivity index (χ3n) is 2.07. The van der Waals surface area contributed by atoms with Crippen molar-refractivity contribution in [3.8, 4) is 0 Å². The maximum absolute atomic E-state index is 11.0. The van der Waals surface area contributed by atoms with Gasteiger partial charge >= 0.3 is 0 Å². The molecule has 2 rings (SSSR count). The summed E-state index contributed by atoms with van der Waals surface area (Å²) < 4.78 is 0. The predicted molar refractivity (Wildman–Crippen MR) is 51.9 cm³/mol. The Kier molecular flexibility index (Phi) is 1.81. The highest BCUT2D eigenvalue weighted by Gasteiger charge is 2.14. The van der Waals surface area contributed by atoms with E-state index in [1.807, 2.05) is 12.1 Å². The van der Waals surface area contributed by atoms with E-state index in [2.05, 4.69) is 10.6 Å². The van der Waals surface area contributed by atoms with Crippen LogP contribution in [0.15, 0.2) is 18.2 Å². The maximum atomic E-state index is 11.0. The van der Waals surface area contributed by atoms with Gasteiger partial charge in [-0.3, -0.25) is 4.79 Å². The van der Waals surface area contributed by atoms with Gasteiger partial charge in [0.15, 0.2) is 0 Å². The molecule has 0 aromatic heterocycles. The lowest BCUT2D eigenvalue weighted by molar-refractivity contribution is 0.100. The molecule has 0 aliphatic carbocycles. The van der Waals surface area contributed by atoms with E-state index < -0.39 is 5.91 Å².